The number of likely N-dealkylation sites (tertiary alicyclic amines) is 1. The van der Waals surface area contributed by atoms with Crippen molar-refractivity contribution in [1.29, 1.82) is 0 Å². The molecule has 0 unspecified atom stereocenters. The molecule has 10 nitrogen and oxygen atoms in total. The van der Waals surface area contributed by atoms with Crippen LogP contribution in [-0.2, 0) is 19.1 Å². The molecule has 0 aromatic heterocycles. The molecule has 2 fully saturated rings. The Morgan fingerprint density at radius 1 is 0.933 bits per heavy atom. The number of ether oxygens (including phenoxy) is 2. The van der Waals surface area contributed by atoms with Gasteiger partial charge in [0.25, 0.3) is 5.91 Å². The number of amides is 4. The minimum Gasteiger partial charge on any atom is -0.444 e. The van der Waals surface area contributed by atoms with Crippen LogP contribution in [-0.4, -0.2) is 95.8 Å². The van der Waals surface area contributed by atoms with E-state index in [1.807, 2.05) is 19.9 Å². The minimum atomic E-state index is -1.45. The Bertz CT molecular complexity index is 1370. The van der Waals surface area contributed by atoms with Crippen molar-refractivity contribution >= 4 is 24.0 Å². The van der Waals surface area contributed by atoms with E-state index in [4.69, 9.17) is 9.47 Å². The third-order valence-electron chi connectivity index (χ3n) is 7.78. The van der Waals surface area contributed by atoms with Crippen molar-refractivity contribution in [3.05, 3.63) is 71.0 Å². The molecule has 2 aliphatic heterocycles. The number of nitrogens with one attached hydrogen (secondary N) is 1. The highest BCUT2D eigenvalue weighted by atomic mass is 19.1. The van der Waals surface area contributed by atoms with Crippen molar-refractivity contribution in [3.8, 4) is 0 Å². The Morgan fingerprint density at radius 2 is 1.56 bits per heavy atom. The van der Waals surface area contributed by atoms with Crippen molar-refractivity contribution in [2.45, 2.75) is 70.8 Å². The first-order valence-electron chi connectivity index (χ1n) is 15.2. The Balaban J connectivity index is 1.38. The largest absolute Gasteiger partial charge is 0.444 e. The van der Waals surface area contributed by atoms with Crippen LogP contribution in [0.4, 0.5) is 18.4 Å². The number of benzene rings is 2. The Kier molecular flexibility index (Phi) is 10.7. The molecular formula is C33H42F2N4O6. The van der Waals surface area contributed by atoms with Crippen molar-refractivity contribution in [2.24, 2.45) is 0 Å². The summed E-state index contributed by atoms with van der Waals surface area (Å²) >= 11 is 0. The third-order valence-corrected chi connectivity index (χ3v) is 7.78. The summed E-state index contributed by atoms with van der Waals surface area (Å²) in [6, 6.07) is 11.9. The zero-order valence-corrected chi connectivity index (χ0v) is 26.4. The first kappa shape index (κ1) is 33.7. The van der Waals surface area contributed by atoms with Crippen molar-refractivity contribution in [3.63, 3.8) is 0 Å². The highest BCUT2D eigenvalue weighted by Crippen LogP contribution is 2.28. The lowest BCUT2D eigenvalue weighted by atomic mass is 9.94. The summed E-state index contributed by atoms with van der Waals surface area (Å²) < 4.78 is 40.1. The number of hydrogen-bond acceptors (Lipinski definition) is 6. The van der Waals surface area contributed by atoms with E-state index in [1.165, 1.54) is 15.9 Å². The quantitative estimate of drug-likeness (QED) is 0.473. The Labute approximate surface area is 262 Å². The number of alkyl halides is 1. The van der Waals surface area contributed by atoms with E-state index in [0.717, 1.165) is 4.90 Å². The molecule has 2 heterocycles. The summed E-state index contributed by atoms with van der Waals surface area (Å²) in [5, 5.41) is 2.89. The van der Waals surface area contributed by atoms with Gasteiger partial charge in [0, 0.05) is 32.6 Å². The van der Waals surface area contributed by atoms with E-state index in [1.54, 1.807) is 57.2 Å². The molecule has 0 aliphatic carbocycles. The van der Waals surface area contributed by atoms with Crippen LogP contribution in [0.1, 0.15) is 69.7 Å². The van der Waals surface area contributed by atoms with Gasteiger partial charge in [-0.25, -0.2) is 18.4 Å². The number of carbonyl (C=O) groups is 4. The lowest BCUT2D eigenvalue weighted by Crippen LogP contribution is -2.52. The van der Waals surface area contributed by atoms with Crippen molar-refractivity contribution in [1.82, 2.24) is 20.0 Å². The third kappa shape index (κ3) is 8.70. The van der Waals surface area contributed by atoms with Gasteiger partial charge in [0.2, 0.25) is 5.91 Å². The van der Waals surface area contributed by atoms with Gasteiger partial charge in [-0.1, -0.05) is 56.3 Å². The SMILES string of the molecule is CC(C)c1ccc([C@@H](NC(=O)[C@@H]2C[C@@H](F)CN2C(=O)COC(=O)N2CCN(C(=O)OC(C)(C)C)CC2)c2ccccc2)cc1F. The van der Waals surface area contributed by atoms with Gasteiger partial charge in [-0.2, -0.15) is 0 Å². The molecule has 2 aromatic carbocycles. The van der Waals surface area contributed by atoms with Crippen LogP contribution >= 0.6 is 0 Å². The molecule has 2 saturated heterocycles. The van der Waals surface area contributed by atoms with Crippen molar-refractivity contribution < 1.29 is 37.4 Å². The van der Waals surface area contributed by atoms with Gasteiger partial charge in [-0.3, -0.25) is 9.59 Å². The van der Waals surface area contributed by atoms with E-state index < -0.39 is 60.3 Å². The molecule has 244 valence electrons. The minimum absolute atomic E-state index is 0.0284. The Morgan fingerprint density at radius 3 is 2.13 bits per heavy atom. The fourth-order valence-electron chi connectivity index (χ4n) is 5.44. The molecule has 3 atom stereocenters. The van der Waals surface area contributed by atoms with Crippen LogP contribution in [0.25, 0.3) is 0 Å². The highest BCUT2D eigenvalue weighted by molar-refractivity contribution is 5.90. The van der Waals surface area contributed by atoms with E-state index in [2.05, 4.69) is 5.32 Å². The first-order valence-corrected chi connectivity index (χ1v) is 15.2. The fourth-order valence-corrected chi connectivity index (χ4v) is 5.44. The molecule has 2 aliphatic rings. The molecule has 0 bridgehead atoms. The first-order chi connectivity index (χ1) is 21.2. The molecule has 45 heavy (non-hydrogen) atoms. The van der Waals surface area contributed by atoms with E-state index in [0.29, 0.717) is 16.7 Å². The van der Waals surface area contributed by atoms with Crippen LogP contribution < -0.4 is 5.32 Å². The van der Waals surface area contributed by atoms with Gasteiger partial charge in [-0.05, 0) is 49.4 Å². The molecule has 0 spiro atoms. The number of nitrogens with zero attached hydrogens (tertiary/aromatic N) is 3. The zero-order chi connectivity index (χ0) is 32.9. The van der Waals surface area contributed by atoms with Gasteiger partial charge >= 0.3 is 12.2 Å². The smallest absolute Gasteiger partial charge is 0.410 e. The summed E-state index contributed by atoms with van der Waals surface area (Å²) in [5.41, 5.74) is 1.10. The predicted molar refractivity (Wildman–Crippen MR) is 163 cm³/mol. The van der Waals surface area contributed by atoms with Crippen LogP contribution in [0.2, 0.25) is 0 Å². The van der Waals surface area contributed by atoms with Crippen LogP contribution in [0, 0.1) is 5.82 Å². The van der Waals surface area contributed by atoms with Gasteiger partial charge < -0.3 is 29.5 Å². The van der Waals surface area contributed by atoms with Gasteiger partial charge in [0.1, 0.15) is 23.6 Å². The van der Waals surface area contributed by atoms with Crippen molar-refractivity contribution in [2.75, 3.05) is 39.3 Å². The maximum absolute atomic E-state index is 14.9. The average molecular weight is 629 g/mol. The molecule has 4 rings (SSSR count). The summed E-state index contributed by atoms with van der Waals surface area (Å²) in [5.74, 6) is -1.73. The number of rotatable bonds is 7. The van der Waals surface area contributed by atoms with Gasteiger partial charge in [0.15, 0.2) is 6.61 Å². The molecule has 0 saturated carbocycles. The fraction of sp³-hybridized carbons (Fsp3) is 0.515. The normalized spacial score (nSPS) is 19.3. The zero-order valence-electron chi connectivity index (χ0n) is 26.4. The standard InChI is InChI=1S/C33H42F2N4O6/c1-21(2)25-12-11-23(17-26(25)35)29(22-9-7-6-8-10-22)36-30(41)27-18-24(34)19-39(27)28(40)20-44-31(42)37-13-15-38(16-14-37)32(43)45-33(3,4)5/h6-12,17,21,24,27,29H,13-16,18-20H2,1-5H3,(H,36,41)/t24-,27+,29+/m1/s1. The van der Waals surface area contributed by atoms with Gasteiger partial charge in [-0.15, -0.1) is 0 Å². The second kappa shape index (κ2) is 14.3. The summed E-state index contributed by atoms with van der Waals surface area (Å²) in [6.45, 7) is 8.93. The molecule has 12 heteroatoms. The van der Waals surface area contributed by atoms with Crippen LogP contribution in [0.5, 0.6) is 0 Å². The molecular weight excluding hydrogens is 586 g/mol. The van der Waals surface area contributed by atoms with Crippen LogP contribution in [0.15, 0.2) is 48.5 Å². The van der Waals surface area contributed by atoms with E-state index in [-0.39, 0.29) is 45.1 Å². The Hall–Kier alpha value is -4.22. The lowest BCUT2D eigenvalue weighted by molar-refractivity contribution is -0.141. The second-order valence-electron chi connectivity index (χ2n) is 12.7. The van der Waals surface area contributed by atoms with Gasteiger partial charge in [0.05, 0.1) is 12.6 Å². The number of halogens is 2. The summed E-state index contributed by atoms with van der Waals surface area (Å²) in [7, 11) is 0. The van der Waals surface area contributed by atoms with E-state index >= 15 is 0 Å². The van der Waals surface area contributed by atoms with Crippen LogP contribution in [0.3, 0.4) is 0 Å². The number of carbonyl (C=O) groups excluding carboxylic acids is 4. The monoisotopic (exact) mass is 628 g/mol. The second-order valence-corrected chi connectivity index (χ2v) is 12.7. The lowest BCUT2D eigenvalue weighted by Gasteiger charge is -2.35. The number of piperazine rings is 1. The maximum Gasteiger partial charge on any atom is 0.410 e. The number of hydrogen-bond donors (Lipinski definition) is 1. The van der Waals surface area contributed by atoms with E-state index in [9.17, 15) is 28.0 Å². The average Bonchev–Trinajstić information content (AvgIpc) is 3.39. The maximum atomic E-state index is 14.9. The summed E-state index contributed by atoms with van der Waals surface area (Å²) in [6.07, 6.45) is -2.89. The highest BCUT2D eigenvalue weighted by Gasteiger charge is 2.41. The summed E-state index contributed by atoms with van der Waals surface area (Å²) in [4.78, 5) is 55.6. The molecule has 0 radical (unpaired) electrons. The molecule has 4 amide bonds. The molecule has 1 N–H and O–H groups in total. The topological polar surface area (TPSA) is 108 Å². The predicted octanol–water partition coefficient (Wildman–Crippen LogP) is 4.78. The molecule has 2 aromatic rings.